The highest BCUT2D eigenvalue weighted by atomic mass is 19.4. The second-order valence-electron chi connectivity index (χ2n) is 3.73. The molecular formula is C13H8F4O2. The van der Waals surface area contributed by atoms with Crippen molar-refractivity contribution in [2.75, 3.05) is 0 Å². The molecule has 0 fully saturated rings. The summed E-state index contributed by atoms with van der Waals surface area (Å²) in [5.74, 6) is -1.43. The van der Waals surface area contributed by atoms with Gasteiger partial charge in [0, 0.05) is 0 Å². The van der Waals surface area contributed by atoms with Crippen molar-refractivity contribution < 1.29 is 27.4 Å². The van der Waals surface area contributed by atoms with E-state index in [-0.39, 0.29) is 11.5 Å². The first-order chi connectivity index (χ1) is 8.86. The summed E-state index contributed by atoms with van der Waals surface area (Å²) >= 11 is 0. The normalized spacial score (nSPS) is 11.4. The Labute approximate surface area is 105 Å². The Morgan fingerprint density at radius 1 is 0.947 bits per heavy atom. The van der Waals surface area contributed by atoms with Gasteiger partial charge in [0.2, 0.25) is 0 Å². The van der Waals surface area contributed by atoms with Crippen molar-refractivity contribution in [2.45, 2.75) is 6.18 Å². The molecule has 6 heteroatoms. The largest absolute Gasteiger partial charge is 0.508 e. The number of halogens is 4. The van der Waals surface area contributed by atoms with Crippen LogP contribution in [0.25, 0.3) is 0 Å². The van der Waals surface area contributed by atoms with E-state index in [9.17, 15) is 17.6 Å². The van der Waals surface area contributed by atoms with Crippen molar-refractivity contribution in [3.05, 3.63) is 53.8 Å². The van der Waals surface area contributed by atoms with Gasteiger partial charge in [-0.05, 0) is 42.5 Å². The Kier molecular flexibility index (Phi) is 3.33. The van der Waals surface area contributed by atoms with E-state index < -0.39 is 23.3 Å². The summed E-state index contributed by atoms with van der Waals surface area (Å²) in [5.41, 5.74) is -1.19. The fraction of sp³-hybridized carbons (Fsp3) is 0.0769. The minimum atomic E-state index is -4.71. The van der Waals surface area contributed by atoms with E-state index in [2.05, 4.69) is 0 Å². The maximum absolute atomic E-state index is 12.9. The van der Waals surface area contributed by atoms with Crippen LogP contribution in [0.15, 0.2) is 42.5 Å². The van der Waals surface area contributed by atoms with Gasteiger partial charge in [-0.2, -0.15) is 13.2 Å². The summed E-state index contributed by atoms with van der Waals surface area (Å²) in [6, 6.07) is 7.31. The Hall–Kier alpha value is -2.24. The van der Waals surface area contributed by atoms with E-state index in [0.29, 0.717) is 6.07 Å². The lowest BCUT2D eigenvalue weighted by atomic mass is 10.2. The van der Waals surface area contributed by atoms with Gasteiger partial charge in [0.25, 0.3) is 0 Å². The van der Waals surface area contributed by atoms with Crippen LogP contribution in [-0.4, -0.2) is 5.11 Å². The smallest absolute Gasteiger partial charge is 0.420 e. The fourth-order valence-corrected chi connectivity index (χ4v) is 1.45. The molecule has 2 aromatic rings. The molecule has 0 amide bonds. The number of alkyl halides is 3. The second kappa shape index (κ2) is 4.79. The van der Waals surface area contributed by atoms with Crippen molar-refractivity contribution in [1.82, 2.24) is 0 Å². The van der Waals surface area contributed by atoms with Crippen LogP contribution >= 0.6 is 0 Å². The van der Waals surface area contributed by atoms with E-state index in [4.69, 9.17) is 9.84 Å². The van der Waals surface area contributed by atoms with Crippen LogP contribution in [0.5, 0.6) is 17.2 Å². The lowest BCUT2D eigenvalue weighted by Gasteiger charge is -2.13. The molecule has 0 aliphatic carbocycles. The van der Waals surface area contributed by atoms with Crippen molar-refractivity contribution in [3.8, 4) is 17.2 Å². The van der Waals surface area contributed by atoms with Gasteiger partial charge < -0.3 is 9.84 Å². The molecule has 19 heavy (non-hydrogen) atoms. The highest BCUT2D eigenvalue weighted by Crippen LogP contribution is 2.38. The molecule has 0 unspecified atom stereocenters. The van der Waals surface area contributed by atoms with E-state index in [1.165, 1.54) is 24.3 Å². The number of rotatable bonds is 2. The summed E-state index contributed by atoms with van der Waals surface area (Å²) < 4.78 is 56.1. The maximum Gasteiger partial charge on any atom is 0.420 e. The highest BCUT2D eigenvalue weighted by molar-refractivity contribution is 5.41. The van der Waals surface area contributed by atoms with Gasteiger partial charge in [0.1, 0.15) is 28.6 Å². The van der Waals surface area contributed by atoms with Crippen LogP contribution in [0, 0.1) is 5.82 Å². The first kappa shape index (κ1) is 13.2. The molecule has 2 aromatic carbocycles. The van der Waals surface area contributed by atoms with Gasteiger partial charge in [0.15, 0.2) is 0 Å². The van der Waals surface area contributed by atoms with E-state index in [0.717, 1.165) is 12.1 Å². The third-order valence-electron chi connectivity index (χ3n) is 2.31. The fourth-order valence-electron chi connectivity index (χ4n) is 1.45. The Bertz CT molecular complexity index is 576. The van der Waals surface area contributed by atoms with Gasteiger partial charge in [-0.3, -0.25) is 0 Å². The molecule has 0 aliphatic heterocycles. The van der Waals surface area contributed by atoms with Crippen LogP contribution in [0.1, 0.15) is 5.56 Å². The van der Waals surface area contributed by atoms with Crippen LogP contribution < -0.4 is 4.74 Å². The topological polar surface area (TPSA) is 29.5 Å². The van der Waals surface area contributed by atoms with E-state index in [1.54, 1.807) is 0 Å². The second-order valence-corrected chi connectivity index (χ2v) is 3.73. The first-order valence-corrected chi connectivity index (χ1v) is 5.20. The van der Waals surface area contributed by atoms with E-state index >= 15 is 0 Å². The Balaban J connectivity index is 2.37. The average Bonchev–Trinajstić information content (AvgIpc) is 2.33. The van der Waals surface area contributed by atoms with Crippen molar-refractivity contribution in [1.29, 1.82) is 0 Å². The number of benzene rings is 2. The number of hydrogen-bond acceptors (Lipinski definition) is 2. The molecule has 2 nitrogen and oxygen atoms in total. The molecule has 0 atom stereocenters. The maximum atomic E-state index is 12.9. The van der Waals surface area contributed by atoms with Gasteiger partial charge in [0.05, 0.1) is 0 Å². The third-order valence-corrected chi connectivity index (χ3v) is 2.31. The zero-order chi connectivity index (χ0) is 14.0. The monoisotopic (exact) mass is 272 g/mol. The minimum Gasteiger partial charge on any atom is -0.508 e. The number of hydrogen-bond donors (Lipinski definition) is 1. The third kappa shape index (κ3) is 3.15. The molecule has 1 N–H and O–H groups in total. The zero-order valence-corrected chi connectivity index (χ0v) is 9.41. The van der Waals surface area contributed by atoms with E-state index in [1.807, 2.05) is 0 Å². The van der Waals surface area contributed by atoms with Crippen molar-refractivity contribution in [3.63, 3.8) is 0 Å². The van der Waals surface area contributed by atoms with Crippen molar-refractivity contribution in [2.24, 2.45) is 0 Å². The molecule has 0 radical (unpaired) electrons. The number of phenolic OH excluding ortho intramolecular Hbond substituents is 1. The van der Waals surface area contributed by atoms with Gasteiger partial charge in [-0.1, -0.05) is 0 Å². The summed E-state index contributed by atoms with van der Waals surface area (Å²) in [6.07, 6.45) is -4.71. The summed E-state index contributed by atoms with van der Waals surface area (Å²) in [7, 11) is 0. The lowest BCUT2D eigenvalue weighted by molar-refractivity contribution is -0.138. The molecule has 0 saturated heterocycles. The van der Waals surface area contributed by atoms with Crippen LogP contribution in [-0.2, 0) is 6.18 Å². The lowest BCUT2D eigenvalue weighted by Crippen LogP contribution is -2.07. The summed E-state index contributed by atoms with van der Waals surface area (Å²) in [6.45, 7) is 0. The molecule has 0 bridgehead atoms. The average molecular weight is 272 g/mol. The SMILES string of the molecule is Oc1ccc(Oc2ccc(F)cc2C(F)(F)F)cc1. The quantitative estimate of drug-likeness (QED) is 0.824. The highest BCUT2D eigenvalue weighted by Gasteiger charge is 2.35. The predicted octanol–water partition coefficient (Wildman–Crippen LogP) is 4.34. The molecule has 2 rings (SSSR count). The van der Waals surface area contributed by atoms with Crippen molar-refractivity contribution >= 4 is 0 Å². The molecule has 0 heterocycles. The summed E-state index contributed by atoms with van der Waals surface area (Å²) in [5, 5.41) is 9.06. The molecular weight excluding hydrogens is 264 g/mol. The Morgan fingerprint density at radius 3 is 2.16 bits per heavy atom. The Morgan fingerprint density at radius 2 is 1.58 bits per heavy atom. The van der Waals surface area contributed by atoms with Gasteiger partial charge in [-0.25, -0.2) is 4.39 Å². The van der Waals surface area contributed by atoms with Crippen LogP contribution in [0.3, 0.4) is 0 Å². The van der Waals surface area contributed by atoms with Crippen LogP contribution in [0.2, 0.25) is 0 Å². The number of ether oxygens (including phenoxy) is 1. The molecule has 0 spiro atoms. The molecule has 0 saturated carbocycles. The van der Waals surface area contributed by atoms with Gasteiger partial charge in [-0.15, -0.1) is 0 Å². The first-order valence-electron chi connectivity index (χ1n) is 5.20. The number of phenols is 1. The predicted molar refractivity (Wildman–Crippen MR) is 59.6 cm³/mol. The molecule has 0 aliphatic rings. The minimum absolute atomic E-state index is 0.0394. The summed E-state index contributed by atoms with van der Waals surface area (Å²) in [4.78, 5) is 0. The standard InChI is InChI=1S/C13H8F4O2/c14-8-1-6-12(11(7-8)13(15,16)17)19-10-4-2-9(18)3-5-10/h1-7,18H. The van der Waals surface area contributed by atoms with Crippen LogP contribution in [0.4, 0.5) is 17.6 Å². The molecule has 100 valence electrons. The number of aromatic hydroxyl groups is 1. The van der Waals surface area contributed by atoms with Gasteiger partial charge >= 0.3 is 6.18 Å². The molecule has 0 aromatic heterocycles. The zero-order valence-electron chi connectivity index (χ0n) is 9.41.